The summed E-state index contributed by atoms with van der Waals surface area (Å²) < 4.78 is 0. The van der Waals surface area contributed by atoms with Gasteiger partial charge in [0.05, 0.1) is 0 Å². The molecular weight excluding hydrogens is 242 g/mol. The summed E-state index contributed by atoms with van der Waals surface area (Å²) in [6.07, 6.45) is 1.42. The Hall–Kier alpha value is -1.26. The average molecular weight is 252 g/mol. The fraction of sp³-hybridized carbons (Fsp3) is 0.0909. The number of halogens is 1. The van der Waals surface area contributed by atoms with Crippen LogP contribution >= 0.6 is 23.4 Å². The number of hydrogen-bond donors (Lipinski definition) is 1. The summed E-state index contributed by atoms with van der Waals surface area (Å²) in [6, 6.07) is 10.1. The van der Waals surface area contributed by atoms with Crippen LogP contribution in [0, 0.1) is 0 Å². The molecule has 0 saturated heterocycles. The topological polar surface area (TPSA) is 51.8 Å². The van der Waals surface area contributed by atoms with E-state index >= 15 is 0 Å². The number of rotatable bonds is 3. The van der Waals surface area contributed by atoms with Gasteiger partial charge in [-0.1, -0.05) is 53.7 Å². The van der Waals surface area contributed by atoms with Crippen LogP contribution in [0.4, 0.5) is 5.69 Å². The van der Waals surface area contributed by atoms with Gasteiger partial charge in [0.2, 0.25) is 0 Å². The van der Waals surface area contributed by atoms with Crippen LogP contribution in [0.25, 0.3) is 0 Å². The zero-order valence-electron chi connectivity index (χ0n) is 8.43. The molecule has 0 saturated carbocycles. The first-order valence-corrected chi connectivity index (χ1v) is 6.06. The van der Waals surface area contributed by atoms with Gasteiger partial charge in [0, 0.05) is 5.75 Å². The Labute approximate surface area is 103 Å². The molecular formula is C11H10ClN3S. The fourth-order valence-electron chi connectivity index (χ4n) is 1.20. The maximum absolute atomic E-state index is 5.81. The predicted octanol–water partition coefficient (Wildman–Crippen LogP) is 3.00. The lowest BCUT2D eigenvalue weighted by atomic mass is 10.2. The third kappa shape index (κ3) is 2.65. The quantitative estimate of drug-likeness (QED) is 0.673. The van der Waals surface area contributed by atoms with Crippen molar-refractivity contribution in [3.05, 3.63) is 47.4 Å². The molecule has 2 aromatic rings. The minimum atomic E-state index is 0.311. The van der Waals surface area contributed by atoms with E-state index in [1.807, 2.05) is 18.2 Å². The van der Waals surface area contributed by atoms with Crippen LogP contribution in [-0.4, -0.2) is 9.97 Å². The lowest BCUT2D eigenvalue weighted by Gasteiger charge is -2.04. The van der Waals surface area contributed by atoms with E-state index in [9.17, 15) is 0 Å². The fourth-order valence-corrected chi connectivity index (χ4v) is 2.26. The first-order valence-electron chi connectivity index (χ1n) is 4.70. The molecule has 1 aromatic carbocycles. The third-order valence-corrected chi connectivity index (χ3v) is 3.39. The van der Waals surface area contributed by atoms with E-state index in [2.05, 4.69) is 22.1 Å². The Morgan fingerprint density at radius 2 is 1.94 bits per heavy atom. The molecule has 1 aromatic heterocycles. The molecule has 0 fully saturated rings. The molecule has 0 bridgehead atoms. The van der Waals surface area contributed by atoms with E-state index in [1.165, 1.54) is 11.9 Å². The van der Waals surface area contributed by atoms with Crippen molar-refractivity contribution in [1.82, 2.24) is 9.97 Å². The van der Waals surface area contributed by atoms with E-state index in [-0.39, 0.29) is 0 Å². The van der Waals surface area contributed by atoms with Gasteiger partial charge in [-0.2, -0.15) is 0 Å². The first kappa shape index (κ1) is 11.2. The predicted molar refractivity (Wildman–Crippen MR) is 67.5 cm³/mol. The van der Waals surface area contributed by atoms with Crippen molar-refractivity contribution in [3.8, 4) is 0 Å². The molecule has 0 atom stereocenters. The van der Waals surface area contributed by atoms with Gasteiger partial charge in [-0.15, -0.1) is 0 Å². The highest BCUT2D eigenvalue weighted by Crippen LogP contribution is 2.29. The molecule has 0 unspecified atom stereocenters. The van der Waals surface area contributed by atoms with E-state index < -0.39 is 0 Å². The van der Waals surface area contributed by atoms with Gasteiger partial charge in [0.25, 0.3) is 0 Å². The summed E-state index contributed by atoms with van der Waals surface area (Å²) in [5.74, 6) is 0.818. The van der Waals surface area contributed by atoms with E-state index in [0.29, 0.717) is 10.8 Å². The molecule has 5 heteroatoms. The minimum Gasteiger partial charge on any atom is -0.394 e. The second-order valence-electron chi connectivity index (χ2n) is 3.16. The number of hydrogen-bond acceptors (Lipinski definition) is 4. The second kappa shape index (κ2) is 5.18. The maximum Gasteiger partial charge on any atom is 0.156 e. The average Bonchev–Trinajstić information content (AvgIpc) is 2.32. The smallest absolute Gasteiger partial charge is 0.156 e. The maximum atomic E-state index is 5.81. The Morgan fingerprint density at radius 3 is 2.69 bits per heavy atom. The lowest BCUT2D eigenvalue weighted by molar-refractivity contribution is 1.06. The van der Waals surface area contributed by atoms with Gasteiger partial charge in [0.15, 0.2) is 5.15 Å². The lowest BCUT2D eigenvalue weighted by Crippen LogP contribution is -1.95. The van der Waals surface area contributed by atoms with Crippen LogP contribution in [0.2, 0.25) is 5.15 Å². The first-order chi connectivity index (χ1) is 7.77. The molecule has 1 heterocycles. The molecule has 16 heavy (non-hydrogen) atoms. The van der Waals surface area contributed by atoms with Gasteiger partial charge >= 0.3 is 0 Å². The van der Waals surface area contributed by atoms with Crippen molar-refractivity contribution in [2.24, 2.45) is 0 Å². The van der Waals surface area contributed by atoms with Crippen molar-refractivity contribution in [3.63, 3.8) is 0 Å². The van der Waals surface area contributed by atoms with Crippen molar-refractivity contribution >= 4 is 29.1 Å². The molecule has 0 aliphatic rings. The van der Waals surface area contributed by atoms with E-state index in [4.69, 9.17) is 17.3 Å². The van der Waals surface area contributed by atoms with Gasteiger partial charge in [-0.25, -0.2) is 9.97 Å². The van der Waals surface area contributed by atoms with Crippen LogP contribution < -0.4 is 5.73 Å². The number of nitrogen functional groups attached to an aromatic ring is 1. The van der Waals surface area contributed by atoms with E-state index in [0.717, 1.165) is 10.8 Å². The van der Waals surface area contributed by atoms with Crippen LogP contribution in [0.15, 0.2) is 41.7 Å². The zero-order chi connectivity index (χ0) is 11.4. The molecule has 0 radical (unpaired) electrons. The normalized spacial score (nSPS) is 10.3. The summed E-state index contributed by atoms with van der Waals surface area (Å²) in [4.78, 5) is 7.91. The van der Waals surface area contributed by atoms with Crippen LogP contribution in [0.1, 0.15) is 5.56 Å². The zero-order valence-corrected chi connectivity index (χ0v) is 10.0. The molecule has 0 amide bonds. The minimum absolute atomic E-state index is 0.311. The third-order valence-electron chi connectivity index (χ3n) is 2.02. The van der Waals surface area contributed by atoms with Crippen LogP contribution in [0.5, 0.6) is 0 Å². The molecule has 0 aliphatic heterocycles. The van der Waals surface area contributed by atoms with Crippen molar-refractivity contribution < 1.29 is 0 Å². The highest BCUT2D eigenvalue weighted by Gasteiger charge is 2.06. The van der Waals surface area contributed by atoms with Gasteiger partial charge in [0.1, 0.15) is 17.0 Å². The summed E-state index contributed by atoms with van der Waals surface area (Å²) in [7, 11) is 0. The van der Waals surface area contributed by atoms with Crippen molar-refractivity contribution in [1.29, 1.82) is 0 Å². The number of aromatic nitrogens is 2. The number of anilines is 1. The molecule has 0 spiro atoms. The summed E-state index contributed by atoms with van der Waals surface area (Å²) in [5.41, 5.74) is 7.44. The van der Waals surface area contributed by atoms with Gasteiger partial charge in [-0.3, -0.25) is 0 Å². The van der Waals surface area contributed by atoms with Gasteiger partial charge in [-0.05, 0) is 5.56 Å². The monoisotopic (exact) mass is 251 g/mol. The van der Waals surface area contributed by atoms with Crippen LogP contribution in [0.3, 0.4) is 0 Å². The largest absolute Gasteiger partial charge is 0.394 e. The number of nitrogens with two attached hydrogens (primary N) is 1. The number of nitrogens with zero attached hydrogens (tertiary/aromatic N) is 2. The Bertz CT molecular complexity index is 476. The number of thioether (sulfide) groups is 1. The summed E-state index contributed by atoms with van der Waals surface area (Å²) in [6.45, 7) is 0. The summed E-state index contributed by atoms with van der Waals surface area (Å²) >= 11 is 7.36. The second-order valence-corrected chi connectivity index (χ2v) is 4.48. The SMILES string of the molecule is Nc1c(Cl)ncnc1SCc1ccccc1. The summed E-state index contributed by atoms with van der Waals surface area (Å²) in [5, 5.41) is 1.04. The highest BCUT2D eigenvalue weighted by molar-refractivity contribution is 7.98. The van der Waals surface area contributed by atoms with E-state index in [1.54, 1.807) is 11.8 Å². The Morgan fingerprint density at radius 1 is 1.19 bits per heavy atom. The Balaban J connectivity index is 2.08. The molecule has 0 aliphatic carbocycles. The number of benzene rings is 1. The molecule has 82 valence electrons. The Kier molecular flexibility index (Phi) is 3.64. The highest BCUT2D eigenvalue weighted by atomic mass is 35.5. The van der Waals surface area contributed by atoms with Crippen LogP contribution in [-0.2, 0) is 5.75 Å². The molecule has 2 rings (SSSR count). The van der Waals surface area contributed by atoms with Gasteiger partial charge < -0.3 is 5.73 Å². The van der Waals surface area contributed by atoms with Crippen molar-refractivity contribution in [2.45, 2.75) is 10.8 Å². The molecule has 2 N–H and O–H groups in total. The van der Waals surface area contributed by atoms with Crippen molar-refractivity contribution in [2.75, 3.05) is 5.73 Å². The standard InChI is InChI=1S/C11H10ClN3S/c12-10-9(13)11(15-7-14-10)16-6-8-4-2-1-3-5-8/h1-5,7H,6,13H2. The molecule has 3 nitrogen and oxygen atoms in total.